The van der Waals surface area contributed by atoms with Gasteiger partial charge in [0.25, 0.3) is 0 Å². The number of carbonyl (C=O) groups is 2. The normalized spacial score (nSPS) is 18.3. The van der Waals surface area contributed by atoms with E-state index in [1.807, 2.05) is 66.7 Å². The number of aromatic amines is 1. The summed E-state index contributed by atoms with van der Waals surface area (Å²) in [5.74, 6) is 0.469. The molecule has 3 aromatic carbocycles. The number of para-hydroxylation sites is 1. The van der Waals surface area contributed by atoms with Crippen LogP contribution in [0.3, 0.4) is 0 Å². The Morgan fingerprint density at radius 3 is 2.42 bits per heavy atom. The van der Waals surface area contributed by atoms with Crippen LogP contribution in [0.2, 0.25) is 0 Å². The van der Waals surface area contributed by atoms with Gasteiger partial charge in [0.2, 0.25) is 11.8 Å². The monoisotopic (exact) mass is 533 g/mol. The number of hydrogen-bond acceptors (Lipinski definition) is 3. The number of benzene rings is 3. The van der Waals surface area contributed by atoms with Crippen molar-refractivity contribution in [2.45, 2.75) is 50.6 Å². The van der Waals surface area contributed by atoms with Crippen LogP contribution in [0.25, 0.3) is 16.5 Å². The summed E-state index contributed by atoms with van der Waals surface area (Å²) in [6, 6.07) is 25.1. The predicted molar refractivity (Wildman–Crippen MR) is 158 cm³/mol. The number of ether oxygens (including phenoxy) is 1. The minimum Gasteiger partial charge on any atom is -0.497 e. The number of methoxy groups -OCH3 is 1. The molecule has 1 aliphatic carbocycles. The highest BCUT2D eigenvalue weighted by molar-refractivity contribution is 6.03. The number of rotatable bonds is 6. The van der Waals surface area contributed by atoms with Gasteiger partial charge in [-0.25, -0.2) is 0 Å². The van der Waals surface area contributed by atoms with E-state index in [1.165, 1.54) is 6.42 Å². The second-order valence-electron chi connectivity index (χ2n) is 10.7. The fraction of sp³-hybridized carbons (Fsp3) is 0.294. The molecule has 2 aliphatic rings. The van der Waals surface area contributed by atoms with Gasteiger partial charge in [-0.1, -0.05) is 79.9 Å². The van der Waals surface area contributed by atoms with E-state index in [9.17, 15) is 9.59 Å². The SMILES string of the molecule is COc1ccc(/C2=C/C(=O)N(C(C(=O)NC3CCCCC3)c3ccccc3)CCc3c2[nH]c2ccccc32)cc1. The second-order valence-corrected chi connectivity index (χ2v) is 10.7. The molecule has 6 nitrogen and oxygen atoms in total. The number of nitrogens with zero attached hydrogens (tertiary/aromatic N) is 1. The van der Waals surface area contributed by atoms with Crippen molar-refractivity contribution in [1.82, 2.24) is 15.2 Å². The molecule has 1 fully saturated rings. The van der Waals surface area contributed by atoms with Gasteiger partial charge in [0, 0.05) is 35.1 Å². The molecule has 4 aromatic rings. The van der Waals surface area contributed by atoms with Crippen molar-refractivity contribution in [3.63, 3.8) is 0 Å². The van der Waals surface area contributed by atoms with Crippen LogP contribution in [0.5, 0.6) is 5.75 Å². The molecule has 40 heavy (non-hydrogen) atoms. The maximum atomic E-state index is 14.1. The van der Waals surface area contributed by atoms with Gasteiger partial charge in [-0.15, -0.1) is 0 Å². The first-order valence-electron chi connectivity index (χ1n) is 14.2. The summed E-state index contributed by atoms with van der Waals surface area (Å²) in [4.78, 5) is 33.4. The summed E-state index contributed by atoms with van der Waals surface area (Å²) in [5, 5.41) is 4.43. The van der Waals surface area contributed by atoms with Crippen molar-refractivity contribution in [3.05, 3.63) is 107 Å². The van der Waals surface area contributed by atoms with Gasteiger partial charge in [0.05, 0.1) is 12.8 Å². The molecular weight excluding hydrogens is 498 g/mol. The standard InChI is InChI=1S/C34H35N3O3/c1-40-26-18-16-23(17-19-26)29-22-31(38)37(21-20-28-27-14-8-9-15-30(27)36-32(28)29)33(24-10-4-2-5-11-24)34(39)35-25-12-6-3-7-13-25/h2,4-5,8-11,14-19,22,25,33,36H,3,6-7,12-13,20-21H2,1H3,(H,35,39)/b29-22-. The number of aromatic nitrogens is 1. The lowest BCUT2D eigenvalue weighted by Crippen LogP contribution is -2.47. The highest BCUT2D eigenvalue weighted by Crippen LogP contribution is 2.35. The fourth-order valence-electron chi connectivity index (χ4n) is 6.20. The Morgan fingerprint density at radius 1 is 0.950 bits per heavy atom. The first-order valence-corrected chi connectivity index (χ1v) is 14.2. The molecule has 204 valence electrons. The molecule has 1 aliphatic heterocycles. The van der Waals surface area contributed by atoms with E-state index in [1.54, 1.807) is 18.1 Å². The van der Waals surface area contributed by atoms with Crippen molar-refractivity contribution < 1.29 is 14.3 Å². The van der Waals surface area contributed by atoms with Crippen LogP contribution < -0.4 is 10.1 Å². The van der Waals surface area contributed by atoms with E-state index in [0.717, 1.165) is 70.3 Å². The molecule has 0 radical (unpaired) electrons. The van der Waals surface area contributed by atoms with Crippen LogP contribution in [0, 0.1) is 0 Å². The van der Waals surface area contributed by atoms with E-state index >= 15 is 0 Å². The molecule has 1 unspecified atom stereocenters. The minimum atomic E-state index is -0.712. The molecule has 1 atom stereocenters. The van der Waals surface area contributed by atoms with Gasteiger partial charge in [-0.05, 0) is 54.2 Å². The van der Waals surface area contributed by atoms with Gasteiger partial charge >= 0.3 is 0 Å². The molecule has 1 saturated carbocycles. The summed E-state index contributed by atoms with van der Waals surface area (Å²) in [5.41, 5.74) is 5.66. The van der Waals surface area contributed by atoms with Gasteiger partial charge < -0.3 is 19.9 Å². The van der Waals surface area contributed by atoms with Crippen LogP contribution >= 0.6 is 0 Å². The minimum absolute atomic E-state index is 0.106. The second kappa shape index (κ2) is 11.4. The van der Waals surface area contributed by atoms with E-state index < -0.39 is 6.04 Å². The number of H-pyrrole nitrogens is 1. The van der Waals surface area contributed by atoms with Crippen molar-refractivity contribution >= 4 is 28.3 Å². The predicted octanol–water partition coefficient (Wildman–Crippen LogP) is 6.18. The molecular formula is C34H35N3O3. The summed E-state index contributed by atoms with van der Waals surface area (Å²) >= 11 is 0. The van der Waals surface area contributed by atoms with Crippen LogP contribution in [0.1, 0.15) is 60.5 Å². The molecule has 0 bridgehead atoms. The average molecular weight is 534 g/mol. The van der Waals surface area contributed by atoms with Crippen molar-refractivity contribution in [2.75, 3.05) is 13.7 Å². The molecule has 2 amide bonds. The molecule has 2 N–H and O–H groups in total. The number of carbonyl (C=O) groups excluding carboxylic acids is 2. The van der Waals surface area contributed by atoms with Gasteiger partial charge in [-0.2, -0.15) is 0 Å². The molecule has 1 aromatic heterocycles. The Balaban J connectivity index is 1.44. The molecule has 2 heterocycles. The zero-order valence-corrected chi connectivity index (χ0v) is 22.9. The van der Waals surface area contributed by atoms with Crippen LogP contribution in [-0.4, -0.2) is 41.4 Å². The zero-order chi connectivity index (χ0) is 27.5. The summed E-state index contributed by atoms with van der Waals surface area (Å²) in [6.45, 7) is 0.428. The highest BCUT2D eigenvalue weighted by Gasteiger charge is 2.34. The molecule has 0 saturated heterocycles. The smallest absolute Gasteiger partial charge is 0.248 e. The summed E-state index contributed by atoms with van der Waals surface area (Å²) in [7, 11) is 1.64. The van der Waals surface area contributed by atoms with Crippen LogP contribution in [0.4, 0.5) is 0 Å². The molecule has 0 spiro atoms. The largest absolute Gasteiger partial charge is 0.497 e. The lowest BCUT2D eigenvalue weighted by molar-refractivity contribution is -0.138. The van der Waals surface area contributed by atoms with E-state index in [2.05, 4.69) is 22.4 Å². The first-order chi connectivity index (χ1) is 19.6. The maximum Gasteiger partial charge on any atom is 0.248 e. The van der Waals surface area contributed by atoms with E-state index in [0.29, 0.717) is 13.0 Å². The number of hydrogen-bond donors (Lipinski definition) is 2. The Hall–Kier alpha value is -4.32. The summed E-state index contributed by atoms with van der Waals surface area (Å²) in [6.07, 6.45) is 7.76. The lowest BCUT2D eigenvalue weighted by atomic mass is 9.93. The topological polar surface area (TPSA) is 74.4 Å². The van der Waals surface area contributed by atoms with E-state index in [-0.39, 0.29) is 17.9 Å². The molecule has 6 rings (SSSR count). The van der Waals surface area contributed by atoms with Crippen LogP contribution in [-0.2, 0) is 16.0 Å². The average Bonchev–Trinajstić information content (AvgIpc) is 3.35. The maximum absolute atomic E-state index is 14.1. The van der Waals surface area contributed by atoms with E-state index in [4.69, 9.17) is 4.74 Å². The zero-order valence-electron chi connectivity index (χ0n) is 22.9. The highest BCUT2D eigenvalue weighted by atomic mass is 16.5. The number of nitrogens with one attached hydrogen (secondary N) is 2. The first kappa shape index (κ1) is 25.9. The number of amides is 2. The van der Waals surface area contributed by atoms with Gasteiger partial charge in [0.15, 0.2) is 0 Å². The Morgan fingerprint density at radius 2 is 1.68 bits per heavy atom. The Kier molecular flexibility index (Phi) is 7.41. The quantitative estimate of drug-likeness (QED) is 0.311. The third-order valence-corrected chi connectivity index (χ3v) is 8.26. The number of fused-ring (bicyclic) bond motifs is 3. The molecule has 6 heteroatoms. The third-order valence-electron chi connectivity index (χ3n) is 8.26. The Bertz CT molecular complexity index is 1530. The third kappa shape index (κ3) is 5.14. The summed E-state index contributed by atoms with van der Waals surface area (Å²) < 4.78 is 5.38. The Labute approximate surface area is 235 Å². The van der Waals surface area contributed by atoms with Crippen molar-refractivity contribution in [1.29, 1.82) is 0 Å². The van der Waals surface area contributed by atoms with Gasteiger partial charge in [-0.3, -0.25) is 9.59 Å². The van der Waals surface area contributed by atoms with Crippen LogP contribution in [0.15, 0.2) is 84.9 Å². The van der Waals surface area contributed by atoms with Crippen molar-refractivity contribution in [3.8, 4) is 5.75 Å². The van der Waals surface area contributed by atoms with Gasteiger partial charge in [0.1, 0.15) is 11.8 Å². The fourth-order valence-corrected chi connectivity index (χ4v) is 6.20. The van der Waals surface area contributed by atoms with Crippen molar-refractivity contribution in [2.24, 2.45) is 0 Å². The lowest BCUT2D eigenvalue weighted by Gasteiger charge is -2.34.